The van der Waals surface area contributed by atoms with Gasteiger partial charge in [0.15, 0.2) is 0 Å². The number of sulfonamides is 1. The number of amides is 2. The smallest absolute Gasteiger partial charge is 0.321 e. The molecule has 7 nitrogen and oxygen atoms in total. The summed E-state index contributed by atoms with van der Waals surface area (Å²) in [6, 6.07) is 16.0. The normalized spacial score (nSPS) is 19.4. The Bertz CT molecular complexity index is 986. The molecule has 4 rings (SSSR count). The van der Waals surface area contributed by atoms with Gasteiger partial charge in [-0.2, -0.15) is 4.31 Å². The lowest BCUT2D eigenvalue weighted by Gasteiger charge is -2.42. The number of ether oxygens (including phenoxy) is 1. The van der Waals surface area contributed by atoms with Gasteiger partial charge in [0.05, 0.1) is 11.5 Å². The van der Waals surface area contributed by atoms with Crippen molar-refractivity contribution in [3.05, 3.63) is 60.2 Å². The molecular formula is C21H25N3O4S. The second-order valence-corrected chi connectivity index (χ2v) is 9.33. The Labute approximate surface area is 171 Å². The first kappa shape index (κ1) is 19.9. The topological polar surface area (TPSA) is 79.0 Å². The first-order valence-corrected chi connectivity index (χ1v) is 11.2. The summed E-state index contributed by atoms with van der Waals surface area (Å²) < 4.78 is 34.0. The number of carbonyl (C=O) groups is 1. The third kappa shape index (κ3) is 3.88. The molecule has 2 fully saturated rings. The van der Waals surface area contributed by atoms with Crippen molar-refractivity contribution in [2.45, 2.75) is 30.4 Å². The fourth-order valence-electron chi connectivity index (χ4n) is 4.01. The van der Waals surface area contributed by atoms with Crippen LogP contribution in [0.25, 0.3) is 0 Å². The van der Waals surface area contributed by atoms with Crippen LogP contribution in [0.2, 0.25) is 0 Å². The number of hydrogen-bond acceptors (Lipinski definition) is 4. The van der Waals surface area contributed by atoms with E-state index in [0.29, 0.717) is 39.1 Å². The van der Waals surface area contributed by atoms with E-state index in [-0.39, 0.29) is 10.9 Å². The van der Waals surface area contributed by atoms with Crippen LogP contribution >= 0.6 is 0 Å². The van der Waals surface area contributed by atoms with Crippen LogP contribution in [0.15, 0.2) is 59.5 Å². The van der Waals surface area contributed by atoms with E-state index in [1.54, 1.807) is 23.1 Å². The molecule has 0 unspecified atom stereocenters. The molecule has 29 heavy (non-hydrogen) atoms. The molecule has 2 aromatic carbocycles. The number of likely N-dealkylation sites (tertiary alicyclic amines) is 1. The molecule has 2 aromatic rings. The average molecular weight is 416 g/mol. The van der Waals surface area contributed by atoms with Gasteiger partial charge in [-0.3, -0.25) is 0 Å². The van der Waals surface area contributed by atoms with Crippen LogP contribution in [-0.2, 0) is 14.8 Å². The van der Waals surface area contributed by atoms with Crippen LogP contribution in [0, 0.1) is 6.92 Å². The molecule has 2 aliphatic rings. The molecule has 2 saturated heterocycles. The average Bonchev–Trinajstić information content (AvgIpc) is 3.13. The fraction of sp³-hybridized carbons (Fsp3) is 0.381. The fourth-order valence-corrected chi connectivity index (χ4v) is 5.84. The van der Waals surface area contributed by atoms with Crippen LogP contribution in [0.4, 0.5) is 10.5 Å². The van der Waals surface area contributed by atoms with Crippen molar-refractivity contribution in [3.63, 3.8) is 0 Å². The maximum Gasteiger partial charge on any atom is 0.321 e. The highest BCUT2D eigenvalue weighted by molar-refractivity contribution is 7.89. The Morgan fingerprint density at radius 1 is 1.03 bits per heavy atom. The van der Waals surface area contributed by atoms with Crippen molar-refractivity contribution in [1.82, 2.24) is 9.21 Å². The van der Waals surface area contributed by atoms with E-state index < -0.39 is 15.7 Å². The van der Waals surface area contributed by atoms with E-state index in [0.717, 1.165) is 11.3 Å². The second-order valence-electron chi connectivity index (χ2n) is 7.47. The van der Waals surface area contributed by atoms with E-state index in [4.69, 9.17) is 4.74 Å². The number of aryl methyl sites for hydroxylation is 1. The SMILES string of the molecule is Cc1cccc(S(=O)(=O)N2CCOC23CCN(C(=O)Nc2ccccc2)CC3)c1. The molecular weight excluding hydrogens is 390 g/mol. The van der Waals surface area contributed by atoms with Gasteiger partial charge in [0.2, 0.25) is 10.0 Å². The maximum absolute atomic E-state index is 13.3. The zero-order valence-corrected chi connectivity index (χ0v) is 17.2. The number of urea groups is 1. The number of nitrogens with one attached hydrogen (secondary N) is 1. The molecule has 2 heterocycles. The largest absolute Gasteiger partial charge is 0.358 e. The Hall–Kier alpha value is -2.42. The molecule has 2 amide bonds. The molecule has 0 atom stereocenters. The Kier molecular flexibility index (Phi) is 5.33. The molecule has 0 radical (unpaired) electrons. The van der Waals surface area contributed by atoms with Gasteiger partial charge in [-0.05, 0) is 36.8 Å². The molecule has 0 saturated carbocycles. The van der Waals surface area contributed by atoms with Crippen molar-refractivity contribution < 1.29 is 17.9 Å². The van der Waals surface area contributed by atoms with Gasteiger partial charge in [-0.25, -0.2) is 13.2 Å². The summed E-state index contributed by atoms with van der Waals surface area (Å²) >= 11 is 0. The molecule has 2 aliphatic heterocycles. The summed E-state index contributed by atoms with van der Waals surface area (Å²) in [6.45, 7) is 3.42. The number of anilines is 1. The Morgan fingerprint density at radius 3 is 2.45 bits per heavy atom. The summed E-state index contributed by atoms with van der Waals surface area (Å²) in [7, 11) is -3.67. The van der Waals surface area contributed by atoms with Crippen LogP contribution in [0.3, 0.4) is 0 Å². The lowest BCUT2D eigenvalue weighted by Crippen LogP contribution is -2.56. The number of rotatable bonds is 3. The first-order valence-electron chi connectivity index (χ1n) is 9.75. The second kappa shape index (κ2) is 7.78. The third-order valence-corrected chi connectivity index (χ3v) is 7.50. The van der Waals surface area contributed by atoms with Gasteiger partial charge < -0.3 is 15.0 Å². The Morgan fingerprint density at radius 2 is 1.76 bits per heavy atom. The van der Waals surface area contributed by atoms with Crippen LogP contribution in [-0.4, -0.2) is 55.6 Å². The zero-order valence-electron chi connectivity index (χ0n) is 16.4. The molecule has 0 bridgehead atoms. The number of carbonyl (C=O) groups excluding carboxylic acids is 1. The molecule has 1 N–H and O–H groups in total. The van der Waals surface area contributed by atoms with E-state index in [9.17, 15) is 13.2 Å². The van der Waals surface area contributed by atoms with Gasteiger partial charge in [0.25, 0.3) is 0 Å². The van der Waals surface area contributed by atoms with Crippen LogP contribution in [0.1, 0.15) is 18.4 Å². The number of benzene rings is 2. The highest BCUT2D eigenvalue weighted by atomic mass is 32.2. The molecule has 8 heteroatoms. The van der Waals surface area contributed by atoms with Gasteiger partial charge >= 0.3 is 6.03 Å². The summed E-state index contributed by atoms with van der Waals surface area (Å²) in [6.07, 6.45) is 0.889. The minimum absolute atomic E-state index is 0.183. The quantitative estimate of drug-likeness (QED) is 0.836. The van der Waals surface area contributed by atoms with E-state index >= 15 is 0 Å². The molecule has 154 valence electrons. The summed E-state index contributed by atoms with van der Waals surface area (Å²) in [5, 5.41) is 2.88. The van der Waals surface area contributed by atoms with Gasteiger partial charge in [0, 0.05) is 38.2 Å². The monoisotopic (exact) mass is 415 g/mol. The lowest BCUT2D eigenvalue weighted by molar-refractivity contribution is -0.0840. The highest BCUT2D eigenvalue weighted by Gasteiger charge is 2.51. The number of para-hydroxylation sites is 1. The van der Waals surface area contributed by atoms with Crippen molar-refractivity contribution in [2.24, 2.45) is 0 Å². The predicted molar refractivity (Wildman–Crippen MR) is 110 cm³/mol. The maximum atomic E-state index is 13.3. The third-order valence-electron chi connectivity index (χ3n) is 5.55. The standard InChI is InChI=1S/C21H25N3O4S/c1-17-6-5-9-19(16-17)29(26,27)24-14-15-28-21(24)10-12-23(13-11-21)20(25)22-18-7-3-2-4-8-18/h2-9,16H,10-15H2,1H3,(H,22,25). The van der Waals surface area contributed by atoms with Gasteiger partial charge in [-0.15, -0.1) is 0 Å². The predicted octanol–water partition coefficient (Wildman–Crippen LogP) is 3.04. The minimum atomic E-state index is -3.67. The number of nitrogens with zero attached hydrogens (tertiary/aromatic N) is 2. The van der Waals surface area contributed by atoms with E-state index in [2.05, 4.69) is 5.32 Å². The van der Waals surface area contributed by atoms with Crippen molar-refractivity contribution in [1.29, 1.82) is 0 Å². The molecule has 0 aliphatic carbocycles. The minimum Gasteiger partial charge on any atom is -0.358 e. The Balaban J connectivity index is 1.47. The molecule has 0 aromatic heterocycles. The van der Waals surface area contributed by atoms with Gasteiger partial charge in [0.1, 0.15) is 5.72 Å². The van der Waals surface area contributed by atoms with E-state index in [1.807, 2.05) is 43.3 Å². The molecule has 1 spiro atoms. The van der Waals surface area contributed by atoms with Gasteiger partial charge in [-0.1, -0.05) is 30.3 Å². The number of piperidine rings is 1. The van der Waals surface area contributed by atoms with E-state index in [1.165, 1.54) is 4.31 Å². The number of hydrogen-bond donors (Lipinski definition) is 1. The van der Waals surface area contributed by atoms with Crippen molar-refractivity contribution in [3.8, 4) is 0 Å². The zero-order chi connectivity index (χ0) is 20.5. The summed E-state index contributed by atoms with van der Waals surface area (Å²) in [4.78, 5) is 14.5. The van der Waals surface area contributed by atoms with Crippen LogP contribution in [0.5, 0.6) is 0 Å². The summed E-state index contributed by atoms with van der Waals surface area (Å²) in [5.41, 5.74) is 0.748. The highest BCUT2D eigenvalue weighted by Crippen LogP contribution is 2.38. The van der Waals surface area contributed by atoms with Crippen LogP contribution < -0.4 is 5.32 Å². The van der Waals surface area contributed by atoms with Crippen molar-refractivity contribution >= 4 is 21.7 Å². The lowest BCUT2D eigenvalue weighted by atomic mass is 10.0. The summed E-state index contributed by atoms with van der Waals surface area (Å²) in [5.74, 6) is 0. The first-order chi connectivity index (χ1) is 13.9. The van der Waals surface area contributed by atoms with Crippen molar-refractivity contribution in [2.75, 3.05) is 31.6 Å².